The molecule has 0 unspecified atom stereocenters. The van der Waals surface area contributed by atoms with Gasteiger partial charge in [-0.2, -0.15) is 5.10 Å². The Kier molecular flexibility index (Phi) is 6.90. The van der Waals surface area contributed by atoms with E-state index in [9.17, 15) is 13.2 Å². The highest BCUT2D eigenvalue weighted by molar-refractivity contribution is 7.92. The molecule has 1 N–H and O–H groups in total. The first-order chi connectivity index (χ1) is 16.3. The predicted molar refractivity (Wildman–Crippen MR) is 135 cm³/mol. The SMILES string of the molecule is Cc1cccc(N(CC(=O)N/N=C\c2cc3ccccc3nc2Cl)S(=O)(=O)c2ccccc2)c1. The van der Waals surface area contributed by atoms with Gasteiger partial charge in [-0.25, -0.2) is 18.8 Å². The first-order valence-corrected chi connectivity index (χ1v) is 12.2. The highest BCUT2D eigenvalue weighted by atomic mass is 35.5. The number of para-hydroxylation sites is 1. The molecular formula is C25H21ClN4O3S. The van der Waals surface area contributed by atoms with Gasteiger partial charge in [0.1, 0.15) is 11.7 Å². The smallest absolute Gasteiger partial charge is 0.264 e. The summed E-state index contributed by atoms with van der Waals surface area (Å²) in [6.45, 7) is 1.39. The van der Waals surface area contributed by atoms with Gasteiger partial charge in [-0.05, 0) is 48.9 Å². The van der Waals surface area contributed by atoms with Crippen molar-refractivity contribution in [3.8, 4) is 0 Å². The van der Waals surface area contributed by atoms with Crippen molar-refractivity contribution in [1.29, 1.82) is 0 Å². The normalized spacial score (nSPS) is 11.6. The molecule has 4 aromatic rings. The third-order valence-corrected chi connectivity index (χ3v) is 7.10. The summed E-state index contributed by atoms with van der Waals surface area (Å²) < 4.78 is 27.7. The van der Waals surface area contributed by atoms with Gasteiger partial charge in [-0.1, -0.05) is 60.1 Å². The second-order valence-electron chi connectivity index (χ2n) is 7.52. The van der Waals surface area contributed by atoms with Crippen molar-refractivity contribution in [2.45, 2.75) is 11.8 Å². The van der Waals surface area contributed by atoms with Crippen molar-refractivity contribution < 1.29 is 13.2 Å². The number of carbonyl (C=O) groups is 1. The number of carbonyl (C=O) groups excluding carboxylic acids is 1. The number of sulfonamides is 1. The lowest BCUT2D eigenvalue weighted by atomic mass is 10.2. The minimum Gasteiger partial charge on any atom is -0.271 e. The Bertz CT molecular complexity index is 1470. The number of aryl methyl sites for hydroxylation is 1. The number of pyridine rings is 1. The summed E-state index contributed by atoms with van der Waals surface area (Å²) in [7, 11) is -3.98. The van der Waals surface area contributed by atoms with Crippen molar-refractivity contribution in [2.24, 2.45) is 5.10 Å². The van der Waals surface area contributed by atoms with Gasteiger partial charge in [0.05, 0.1) is 22.3 Å². The van der Waals surface area contributed by atoms with Crippen LogP contribution in [0.2, 0.25) is 5.15 Å². The summed E-state index contributed by atoms with van der Waals surface area (Å²) in [5.41, 5.74) is 4.89. The molecule has 0 aliphatic rings. The summed E-state index contributed by atoms with van der Waals surface area (Å²) in [4.78, 5) is 17.1. The number of hydrogen-bond acceptors (Lipinski definition) is 5. The molecule has 34 heavy (non-hydrogen) atoms. The number of hydrogen-bond donors (Lipinski definition) is 1. The highest BCUT2D eigenvalue weighted by Crippen LogP contribution is 2.24. The van der Waals surface area contributed by atoms with E-state index in [-0.39, 0.29) is 10.0 Å². The monoisotopic (exact) mass is 492 g/mol. The number of aromatic nitrogens is 1. The molecule has 9 heteroatoms. The number of nitrogens with zero attached hydrogens (tertiary/aromatic N) is 3. The van der Waals surface area contributed by atoms with Gasteiger partial charge in [0.25, 0.3) is 15.9 Å². The van der Waals surface area contributed by atoms with Crippen LogP contribution >= 0.6 is 11.6 Å². The molecule has 0 aliphatic carbocycles. The van der Waals surface area contributed by atoms with Crippen LogP contribution in [-0.4, -0.2) is 32.1 Å². The summed E-state index contributed by atoms with van der Waals surface area (Å²) in [6, 6.07) is 24.2. The van der Waals surface area contributed by atoms with Crippen molar-refractivity contribution in [3.63, 3.8) is 0 Å². The molecule has 7 nitrogen and oxygen atoms in total. The van der Waals surface area contributed by atoms with E-state index >= 15 is 0 Å². The molecule has 3 aromatic carbocycles. The number of nitrogens with one attached hydrogen (secondary N) is 1. The van der Waals surface area contributed by atoms with E-state index in [2.05, 4.69) is 15.5 Å². The molecule has 0 fully saturated rings. The van der Waals surface area contributed by atoms with Crippen LogP contribution in [-0.2, 0) is 14.8 Å². The zero-order valence-electron chi connectivity index (χ0n) is 18.2. The lowest BCUT2D eigenvalue weighted by Crippen LogP contribution is -2.39. The fraction of sp³-hybridized carbons (Fsp3) is 0.0800. The summed E-state index contributed by atoms with van der Waals surface area (Å²) in [5.74, 6) is -0.609. The molecule has 0 aliphatic heterocycles. The lowest BCUT2D eigenvalue weighted by Gasteiger charge is -2.24. The summed E-state index contributed by atoms with van der Waals surface area (Å²) in [6.07, 6.45) is 1.38. The van der Waals surface area contributed by atoms with Crippen molar-refractivity contribution in [3.05, 3.63) is 101 Å². The van der Waals surface area contributed by atoms with E-state index in [1.54, 1.807) is 42.5 Å². The van der Waals surface area contributed by atoms with Gasteiger partial charge in [0.2, 0.25) is 0 Å². The van der Waals surface area contributed by atoms with E-state index < -0.39 is 22.5 Å². The van der Waals surface area contributed by atoms with Crippen LogP contribution in [0.3, 0.4) is 0 Å². The summed E-state index contributed by atoms with van der Waals surface area (Å²) >= 11 is 6.22. The minimum absolute atomic E-state index is 0.0850. The van der Waals surface area contributed by atoms with Gasteiger partial charge >= 0.3 is 0 Å². The molecule has 0 bridgehead atoms. The van der Waals surface area contributed by atoms with E-state index in [0.717, 1.165) is 20.8 Å². The van der Waals surface area contributed by atoms with Crippen molar-refractivity contribution in [2.75, 3.05) is 10.8 Å². The van der Waals surface area contributed by atoms with Crippen molar-refractivity contribution >= 4 is 50.3 Å². The maximum atomic E-state index is 13.3. The van der Waals surface area contributed by atoms with Gasteiger partial charge in [-0.15, -0.1) is 0 Å². The number of hydrazone groups is 1. The quantitative estimate of drug-likeness (QED) is 0.233. The minimum atomic E-state index is -3.98. The largest absolute Gasteiger partial charge is 0.271 e. The number of anilines is 1. The average Bonchev–Trinajstić information content (AvgIpc) is 2.83. The molecule has 0 saturated carbocycles. The maximum absolute atomic E-state index is 13.3. The third kappa shape index (κ3) is 5.24. The third-order valence-electron chi connectivity index (χ3n) is 5.01. The van der Waals surface area contributed by atoms with Gasteiger partial charge in [0, 0.05) is 10.9 Å². The van der Waals surface area contributed by atoms with Crippen LogP contribution in [0.5, 0.6) is 0 Å². The Morgan fingerprint density at radius 1 is 1.03 bits per heavy atom. The molecule has 0 spiro atoms. The van der Waals surface area contributed by atoms with Crippen molar-refractivity contribution in [1.82, 2.24) is 10.4 Å². The molecule has 1 heterocycles. The fourth-order valence-corrected chi connectivity index (χ4v) is 4.99. The first kappa shape index (κ1) is 23.4. The van der Waals surface area contributed by atoms with Gasteiger partial charge < -0.3 is 0 Å². The number of rotatable bonds is 7. The molecule has 4 rings (SSSR count). The van der Waals surface area contributed by atoms with E-state index in [4.69, 9.17) is 11.6 Å². The van der Waals surface area contributed by atoms with Crippen LogP contribution in [0.1, 0.15) is 11.1 Å². The van der Waals surface area contributed by atoms with Gasteiger partial charge in [-0.3, -0.25) is 9.10 Å². The number of halogens is 1. The second kappa shape index (κ2) is 10.0. The zero-order chi connectivity index (χ0) is 24.1. The predicted octanol–water partition coefficient (Wildman–Crippen LogP) is 4.54. The van der Waals surface area contributed by atoms with E-state index in [1.807, 2.05) is 37.3 Å². The van der Waals surface area contributed by atoms with E-state index in [0.29, 0.717) is 11.3 Å². The average molecular weight is 493 g/mol. The Morgan fingerprint density at radius 3 is 2.53 bits per heavy atom. The molecular weight excluding hydrogens is 472 g/mol. The van der Waals surface area contributed by atoms with Crippen LogP contribution in [0.25, 0.3) is 10.9 Å². The Labute approximate surface area is 202 Å². The Hall–Kier alpha value is -3.75. The molecule has 0 saturated heterocycles. The Morgan fingerprint density at radius 2 is 1.76 bits per heavy atom. The molecule has 0 radical (unpaired) electrons. The molecule has 0 atom stereocenters. The number of fused-ring (bicyclic) bond motifs is 1. The second-order valence-corrected chi connectivity index (χ2v) is 9.74. The topological polar surface area (TPSA) is 91.7 Å². The van der Waals surface area contributed by atoms with E-state index in [1.165, 1.54) is 18.3 Å². The lowest BCUT2D eigenvalue weighted by molar-refractivity contribution is -0.119. The standard InChI is InChI=1S/C25H21ClN4O3S/c1-18-8-7-10-21(14-18)30(34(32,33)22-11-3-2-4-12-22)17-24(31)29-27-16-20-15-19-9-5-6-13-23(19)28-25(20)26/h2-16H,17H2,1H3,(H,29,31)/b27-16-. The number of benzene rings is 3. The first-order valence-electron chi connectivity index (χ1n) is 10.4. The number of amides is 1. The molecule has 172 valence electrons. The molecule has 1 aromatic heterocycles. The van der Waals surface area contributed by atoms with Crippen LogP contribution in [0, 0.1) is 6.92 Å². The van der Waals surface area contributed by atoms with Gasteiger partial charge in [0.15, 0.2) is 0 Å². The van der Waals surface area contributed by atoms with Crippen LogP contribution < -0.4 is 9.73 Å². The Balaban J connectivity index is 1.56. The zero-order valence-corrected chi connectivity index (χ0v) is 19.8. The summed E-state index contributed by atoms with van der Waals surface area (Å²) in [5, 5.41) is 5.07. The fourth-order valence-electron chi connectivity index (χ4n) is 3.36. The van der Waals surface area contributed by atoms with Crippen LogP contribution in [0.4, 0.5) is 5.69 Å². The molecule has 1 amide bonds. The highest BCUT2D eigenvalue weighted by Gasteiger charge is 2.27. The maximum Gasteiger partial charge on any atom is 0.264 e. The van der Waals surface area contributed by atoms with Crippen LogP contribution in [0.15, 0.2) is 94.9 Å².